The Bertz CT molecular complexity index is 1670. The Hall–Kier alpha value is -5.38. The van der Waals surface area contributed by atoms with Gasteiger partial charge in [-0.25, -0.2) is 14.6 Å². The van der Waals surface area contributed by atoms with E-state index in [1.165, 1.54) is 0 Å². The highest BCUT2D eigenvalue weighted by molar-refractivity contribution is 5.93. The monoisotopic (exact) mass is 473 g/mol. The molecule has 10 nitrogen and oxygen atoms in total. The fourth-order valence-corrected chi connectivity index (χ4v) is 3.82. The number of nitrogens with one attached hydrogen (secondary N) is 1. The van der Waals surface area contributed by atoms with Gasteiger partial charge in [-0.2, -0.15) is 0 Å². The van der Waals surface area contributed by atoms with Gasteiger partial charge in [0, 0.05) is 41.6 Å². The van der Waals surface area contributed by atoms with Crippen LogP contribution in [0.3, 0.4) is 0 Å². The summed E-state index contributed by atoms with van der Waals surface area (Å²) >= 11 is 0. The van der Waals surface area contributed by atoms with Crippen LogP contribution in [0.2, 0.25) is 0 Å². The molecule has 0 unspecified atom stereocenters. The average Bonchev–Trinajstić information content (AvgIpc) is 3.60. The number of hydrogen-bond donors (Lipinski definition) is 2. The van der Waals surface area contributed by atoms with E-state index in [0.29, 0.717) is 22.7 Å². The molecule has 0 saturated carbocycles. The molecule has 6 aromatic rings. The van der Waals surface area contributed by atoms with Gasteiger partial charge in [-0.15, -0.1) is 5.10 Å². The second kappa shape index (κ2) is 8.76. The number of carbonyl (C=O) groups excluding carboxylic acids is 1. The van der Waals surface area contributed by atoms with Gasteiger partial charge >= 0.3 is 0 Å². The van der Waals surface area contributed by atoms with Crippen molar-refractivity contribution in [2.45, 2.75) is 0 Å². The largest absolute Gasteiger partial charge is 0.366 e. The second-order valence-electron chi connectivity index (χ2n) is 8.01. The topological polar surface area (TPSA) is 129 Å². The SMILES string of the molecule is NC(=O)c1ccc(-c2cn3ccnc3c(Nc3ccc(-n4cc(-c5ccccn5)nn4)cc3)n2)cc1. The molecule has 10 heteroatoms. The Labute approximate surface area is 205 Å². The number of carbonyl (C=O) groups is 1. The van der Waals surface area contributed by atoms with Crippen molar-refractivity contribution in [2.75, 3.05) is 5.32 Å². The van der Waals surface area contributed by atoms with Crippen LogP contribution in [-0.4, -0.2) is 40.3 Å². The fourth-order valence-electron chi connectivity index (χ4n) is 3.82. The van der Waals surface area contributed by atoms with E-state index in [2.05, 4.69) is 25.6 Å². The van der Waals surface area contributed by atoms with Gasteiger partial charge < -0.3 is 15.5 Å². The number of benzene rings is 2. The third-order valence-electron chi connectivity index (χ3n) is 5.65. The first-order valence-corrected chi connectivity index (χ1v) is 11.1. The average molecular weight is 474 g/mol. The quantitative estimate of drug-likeness (QED) is 0.375. The molecule has 1 amide bonds. The smallest absolute Gasteiger partial charge is 0.248 e. The maximum Gasteiger partial charge on any atom is 0.248 e. The van der Waals surface area contributed by atoms with Crippen LogP contribution in [0.25, 0.3) is 34.0 Å². The summed E-state index contributed by atoms with van der Waals surface area (Å²) in [6.45, 7) is 0. The molecular formula is C26H19N9O. The van der Waals surface area contributed by atoms with Gasteiger partial charge in [0.15, 0.2) is 11.5 Å². The predicted molar refractivity (Wildman–Crippen MR) is 135 cm³/mol. The highest BCUT2D eigenvalue weighted by atomic mass is 16.1. The van der Waals surface area contributed by atoms with E-state index in [1.807, 2.05) is 77.6 Å². The zero-order valence-electron chi connectivity index (χ0n) is 18.9. The van der Waals surface area contributed by atoms with Crippen LogP contribution >= 0.6 is 0 Å². The summed E-state index contributed by atoms with van der Waals surface area (Å²) in [5.74, 6) is 0.131. The lowest BCUT2D eigenvalue weighted by Crippen LogP contribution is -2.10. The van der Waals surface area contributed by atoms with E-state index >= 15 is 0 Å². The first-order valence-electron chi connectivity index (χ1n) is 11.1. The van der Waals surface area contributed by atoms with Crippen LogP contribution in [-0.2, 0) is 0 Å². The molecule has 0 aliphatic rings. The third-order valence-corrected chi connectivity index (χ3v) is 5.65. The molecule has 0 spiro atoms. The van der Waals surface area contributed by atoms with Crippen molar-refractivity contribution >= 4 is 23.1 Å². The molecule has 4 heterocycles. The standard InChI is InChI=1S/C26H19N9O/c27-24(36)18-6-4-17(5-7-18)22-15-34-14-13-29-26(34)25(31-22)30-19-8-10-20(11-9-19)35-16-23(32-33-35)21-3-1-2-12-28-21/h1-16H,(H2,27,36)(H,30,31). The van der Waals surface area contributed by atoms with Crippen molar-refractivity contribution in [3.05, 3.63) is 103 Å². The molecule has 3 N–H and O–H groups in total. The van der Waals surface area contributed by atoms with Gasteiger partial charge in [0.2, 0.25) is 5.91 Å². The van der Waals surface area contributed by atoms with Crippen molar-refractivity contribution in [1.29, 1.82) is 0 Å². The van der Waals surface area contributed by atoms with Crippen molar-refractivity contribution in [3.8, 4) is 28.3 Å². The maximum absolute atomic E-state index is 11.4. The third kappa shape index (κ3) is 4.03. The molecule has 36 heavy (non-hydrogen) atoms. The van der Waals surface area contributed by atoms with Gasteiger partial charge in [-0.1, -0.05) is 23.4 Å². The summed E-state index contributed by atoms with van der Waals surface area (Å²) in [4.78, 5) is 24.9. The van der Waals surface area contributed by atoms with Crippen LogP contribution < -0.4 is 11.1 Å². The number of hydrogen-bond acceptors (Lipinski definition) is 7. The summed E-state index contributed by atoms with van der Waals surface area (Å²) in [6.07, 6.45) is 9.03. The number of amides is 1. The van der Waals surface area contributed by atoms with E-state index in [0.717, 1.165) is 28.3 Å². The van der Waals surface area contributed by atoms with E-state index in [4.69, 9.17) is 10.7 Å². The number of imidazole rings is 1. The molecule has 174 valence electrons. The molecule has 2 aromatic carbocycles. The van der Waals surface area contributed by atoms with E-state index in [9.17, 15) is 4.79 Å². The lowest BCUT2D eigenvalue weighted by molar-refractivity contribution is 0.100. The van der Waals surface area contributed by atoms with Crippen LogP contribution in [0.15, 0.2) is 97.7 Å². The summed E-state index contributed by atoms with van der Waals surface area (Å²) in [7, 11) is 0. The first kappa shape index (κ1) is 21.2. The van der Waals surface area contributed by atoms with Crippen molar-refractivity contribution in [3.63, 3.8) is 0 Å². The summed E-state index contributed by atoms with van der Waals surface area (Å²) < 4.78 is 3.60. The van der Waals surface area contributed by atoms with Gasteiger partial charge in [0.05, 0.1) is 23.3 Å². The molecule has 0 aliphatic carbocycles. The number of nitrogens with zero attached hydrogens (tertiary/aromatic N) is 7. The van der Waals surface area contributed by atoms with Crippen LogP contribution in [0.4, 0.5) is 11.5 Å². The Morgan fingerprint density at radius 1 is 0.833 bits per heavy atom. The first-order chi connectivity index (χ1) is 17.6. The zero-order valence-corrected chi connectivity index (χ0v) is 18.9. The zero-order chi connectivity index (χ0) is 24.5. The van der Waals surface area contributed by atoms with E-state index < -0.39 is 5.91 Å². The minimum Gasteiger partial charge on any atom is -0.366 e. The van der Waals surface area contributed by atoms with Crippen LogP contribution in [0.1, 0.15) is 10.4 Å². The maximum atomic E-state index is 11.4. The van der Waals surface area contributed by atoms with Gasteiger partial charge in [0.25, 0.3) is 0 Å². The van der Waals surface area contributed by atoms with Crippen LogP contribution in [0.5, 0.6) is 0 Å². The summed E-state index contributed by atoms with van der Waals surface area (Å²) in [5.41, 5.74) is 11.2. The van der Waals surface area contributed by atoms with E-state index in [1.54, 1.807) is 29.2 Å². The van der Waals surface area contributed by atoms with Gasteiger partial charge in [0.1, 0.15) is 5.69 Å². The Kier molecular flexibility index (Phi) is 5.15. The molecule has 0 radical (unpaired) electrons. The predicted octanol–water partition coefficient (Wildman–Crippen LogP) is 3.88. The molecule has 0 aliphatic heterocycles. The van der Waals surface area contributed by atoms with E-state index in [-0.39, 0.29) is 0 Å². The highest BCUT2D eigenvalue weighted by Gasteiger charge is 2.11. The van der Waals surface area contributed by atoms with Crippen molar-refractivity contribution < 1.29 is 4.79 Å². The van der Waals surface area contributed by atoms with Crippen molar-refractivity contribution in [1.82, 2.24) is 34.3 Å². The molecule has 0 bridgehead atoms. The lowest BCUT2D eigenvalue weighted by Gasteiger charge is -2.11. The highest BCUT2D eigenvalue weighted by Crippen LogP contribution is 2.25. The Morgan fingerprint density at radius 2 is 1.67 bits per heavy atom. The molecule has 4 aromatic heterocycles. The molecule has 0 atom stereocenters. The number of anilines is 2. The number of fused-ring (bicyclic) bond motifs is 1. The number of pyridine rings is 1. The Balaban J connectivity index is 1.27. The molecule has 6 rings (SSSR count). The summed E-state index contributed by atoms with van der Waals surface area (Å²) in [6, 6.07) is 20.4. The number of rotatable bonds is 6. The number of primary amides is 1. The number of nitrogens with two attached hydrogens (primary N) is 1. The minimum atomic E-state index is -0.468. The molecule has 0 saturated heterocycles. The van der Waals surface area contributed by atoms with Gasteiger partial charge in [-0.3, -0.25) is 9.78 Å². The molecule has 0 fully saturated rings. The lowest BCUT2D eigenvalue weighted by atomic mass is 10.1. The fraction of sp³-hybridized carbons (Fsp3) is 0. The molecular weight excluding hydrogens is 454 g/mol. The number of aromatic nitrogens is 7. The summed E-state index contributed by atoms with van der Waals surface area (Å²) in [5, 5.41) is 11.8. The second-order valence-corrected chi connectivity index (χ2v) is 8.01. The normalized spacial score (nSPS) is 11.0. The minimum absolute atomic E-state index is 0.445. The van der Waals surface area contributed by atoms with Crippen molar-refractivity contribution in [2.24, 2.45) is 5.73 Å². The van der Waals surface area contributed by atoms with Crippen LogP contribution in [0, 0.1) is 0 Å². The Morgan fingerprint density at radius 3 is 2.42 bits per heavy atom. The van der Waals surface area contributed by atoms with Gasteiger partial charge in [-0.05, 0) is 48.5 Å².